The number of aromatic nitrogens is 1. The molecule has 23 heavy (non-hydrogen) atoms. The van der Waals surface area contributed by atoms with E-state index in [2.05, 4.69) is 15.2 Å². The first kappa shape index (κ1) is 15.6. The molecule has 5 nitrogen and oxygen atoms in total. The molecule has 0 aliphatic carbocycles. The first-order valence-electron chi connectivity index (χ1n) is 7.87. The van der Waals surface area contributed by atoms with Crippen LogP contribution in [-0.4, -0.2) is 42.1 Å². The number of rotatable bonds is 5. The number of hydrogen-bond donors (Lipinski definition) is 1. The number of nitrogens with one attached hydrogen (secondary N) is 1. The van der Waals surface area contributed by atoms with E-state index in [0.717, 1.165) is 38.4 Å². The van der Waals surface area contributed by atoms with Gasteiger partial charge in [-0.2, -0.15) is 0 Å². The highest BCUT2D eigenvalue weighted by Gasteiger charge is 2.11. The van der Waals surface area contributed by atoms with E-state index in [1.165, 1.54) is 5.56 Å². The van der Waals surface area contributed by atoms with Crippen LogP contribution in [0.15, 0.2) is 48.8 Å². The van der Waals surface area contributed by atoms with E-state index in [-0.39, 0.29) is 5.91 Å². The smallest absolute Gasteiger partial charge is 0.251 e. The molecular weight excluding hydrogens is 290 g/mol. The molecule has 1 aliphatic rings. The van der Waals surface area contributed by atoms with E-state index < -0.39 is 0 Å². The van der Waals surface area contributed by atoms with Crippen molar-refractivity contribution < 1.29 is 9.53 Å². The average molecular weight is 311 g/mol. The maximum atomic E-state index is 12.2. The van der Waals surface area contributed by atoms with Crippen LogP contribution in [0.3, 0.4) is 0 Å². The molecule has 5 heteroatoms. The number of ether oxygens (including phenoxy) is 1. The van der Waals surface area contributed by atoms with Crippen LogP contribution < -0.4 is 5.32 Å². The van der Waals surface area contributed by atoms with Crippen LogP contribution in [0.4, 0.5) is 0 Å². The molecule has 1 amide bonds. The Bertz CT molecular complexity index is 622. The fourth-order valence-corrected chi connectivity index (χ4v) is 2.56. The highest BCUT2D eigenvalue weighted by molar-refractivity contribution is 5.94. The van der Waals surface area contributed by atoms with E-state index in [9.17, 15) is 4.79 Å². The lowest BCUT2D eigenvalue weighted by Gasteiger charge is -2.26. The Morgan fingerprint density at radius 3 is 2.43 bits per heavy atom. The zero-order chi connectivity index (χ0) is 15.9. The van der Waals surface area contributed by atoms with E-state index in [1.807, 2.05) is 36.4 Å². The summed E-state index contributed by atoms with van der Waals surface area (Å²) in [6.07, 6.45) is 3.45. The molecule has 1 saturated heterocycles. The van der Waals surface area contributed by atoms with Crippen LogP contribution in [0.1, 0.15) is 21.5 Å². The van der Waals surface area contributed by atoms with Gasteiger partial charge < -0.3 is 10.1 Å². The van der Waals surface area contributed by atoms with Crippen molar-refractivity contribution in [1.82, 2.24) is 15.2 Å². The summed E-state index contributed by atoms with van der Waals surface area (Å²) < 4.78 is 5.35. The Hall–Kier alpha value is -2.24. The van der Waals surface area contributed by atoms with Gasteiger partial charge in [0.15, 0.2) is 0 Å². The number of hydrogen-bond acceptors (Lipinski definition) is 4. The third kappa shape index (κ3) is 4.61. The molecule has 0 radical (unpaired) electrons. The van der Waals surface area contributed by atoms with Crippen LogP contribution in [-0.2, 0) is 17.8 Å². The molecule has 120 valence electrons. The SMILES string of the molecule is O=C(NCc1ccncc1)c1ccc(CN2CCOCC2)cc1. The summed E-state index contributed by atoms with van der Waals surface area (Å²) in [5, 5.41) is 2.92. The molecule has 0 atom stereocenters. The largest absolute Gasteiger partial charge is 0.379 e. The van der Waals surface area contributed by atoms with Crippen LogP contribution in [0.25, 0.3) is 0 Å². The van der Waals surface area contributed by atoms with Gasteiger partial charge in [-0.05, 0) is 35.4 Å². The number of amides is 1. The quantitative estimate of drug-likeness (QED) is 0.915. The van der Waals surface area contributed by atoms with Crippen molar-refractivity contribution in [2.75, 3.05) is 26.3 Å². The minimum Gasteiger partial charge on any atom is -0.379 e. The van der Waals surface area contributed by atoms with Gasteiger partial charge in [-0.1, -0.05) is 12.1 Å². The van der Waals surface area contributed by atoms with Crippen LogP contribution in [0.5, 0.6) is 0 Å². The minimum absolute atomic E-state index is 0.0558. The predicted molar refractivity (Wildman–Crippen MR) is 87.9 cm³/mol. The van der Waals surface area contributed by atoms with Crippen LogP contribution in [0.2, 0.25) is 0 Å². The number of carbonyl (C=O) groups excluding carboxylic acids is 1. The summed E-state index contributed by atoms with van der Waals surface area (Å²) in [6.45, 7) is 4.95. The second-order valence-corrected chi connectivity index (χ2v) is 5.62. The predicted octanol–water partition coefficient (Wildman–Crippen LogP) is 1.84. The van der Waals surface area contributed by atoms with Gasteiger partial charge in [-0.15, -0.1) is 0 Å². The molecular formula is C18H21N3O2. The van der Waals surface area contributed by atoms with Gasteiger partial charge in [0.1, 0.15) is 0 Å². The number of nitrogens with zero attached hydrogens (tertiary/aromatic N) is 2. The van der Waals surface area contributed by atoms with Gasteiger partial charge in [0.2, 0.25) is 0 Å². The highest BCUT2D eigenvalue weighted by atomic mass is 16.5. The highest BCUT2D eigenvalue weighted by Crippen LogP contribution is 2.09. The molecule has 2 heterocycles. The first-order chi connectivity index (χ1) is 11.3. The van der Waals surface area contributed by atoms with Crippen molar-refractivity contribution in [2.24, 2.45) is 0 Å². The summed E-state index contributed by atoms with van der Waals surface area (Å²) in [7, 11) is 0. The molecule has 1 aromatic carbocycles. The van der Waals surface area contributed by atoms with Crippen molar-refractivity contribution in [3.05, 3.63) is 65.5 Å². The molecule has 1 aromatic heterocycles. The third-order valence-electron chi connectivity index (χ3n) is 3.93. The van der Waals surface area contributed by atoms with Gasteiger partial charge in [0.25, 0.3) is 5.91 Å². The standard InChI is InChI=1S/C18H21N3O2/c22-18(20-13-15-5-7-19-8-6-15)17-3-1-16(2-4-17)14-21-9-11-23-12-10-21/h1-8H,9-14H2,(H,20,22). The Morgan fingerprint density at radius 1 is 1.04 bits per heavy atom. The fourth-order valence-electron chi connectivity index (χ4n) is 2.56. The van der Waals surface area contributed by atoms with Crippen molar-refractivity contribution in [1.29, 1.82) is 0 Å². The molecule has 2 aromatic rings. The Balaban J connectivity index is 1.52. The van der Waals surface area contributed by atoms with Gasteiger partial charge in [0, 0.05) is 44.1 Å². The summed E-state index contributed by atoms with van der Waals surface area (Å²) in [6, 6.07) is 11.6. The molecule has 0 saturated carbocycles. The van der Waals surface area contributed by atoms with E-state index in [4.69, 9.17) is 4.74 Å². The van der Waals surface area contributed by atoms with E-state index >= 15 is 0 Å². The number of morpholine rings is 1. The summed E-state index contributed by atoms with van der Waals surface area (Å²) in [5.74, 6) is -0.0558. The Morgan fingerprint density at radius 2 is 1.74 bits per heavy atom. The van der Waals surface area contributed by atoms with Gasteiger partial charge in [-0.3, -0.25) is 14.7 Å². The lowest BCUT2D eigenvalue weighted by atomic mass is 10.1. The number of benzene rings is 1. The van der Waals surface area contributed by atoms with Crippen molar-refractivity contribution in [3.63, 3.8) is 0 Å². The third-order valence-corrected chi connectivity index (χ3v) is 3.93. The van der Waals surface area contributed by atoms with E-state index in [0.29, 0.717) is 12.1 Å². The van der Waals surface area contributed by atoms with Gasteiger partial charge >= 0.3 is 0 Å². The first-order valence-corrected chi connectivity index (χ1v) is 7.87. The fraction of sp³-hybridized carbons (Fsp3) is 0.333. The van der Waals surface area contributed by atoms with Crippen molar-refractivity contribution in [3.8, 4) is 0 Å². The molecule has 1 fully saturated rings. The Labute approximate surface area is 136 Å². The summed E-state index contributed by atoms with van der Waals surface area (Å²) in [5.41, 5.74) is 2.94. The normalized spacial score (nSPS) is 15.3. The molecule has 3 rings (SSSR count). The minimum atomic E-state index is -0.0558. The Kier molecular flexibility index (Phi) is 5.34. The maximum Gasteiger partial charge on any atom is 0.251 e. The molecule has 1 N–H and O–H groups in total. The summed E-state index contributed by atoms with van der Waals surface area (Å²) in [4.78, 5) is 18.5. The molecule has 0 unspecified atom stereocenters. The summed E-state index contributed by atoms with van der Waals surface area (Å²) >= 11 is 0. The zero-order valence-corrected chi connectivity index (χ0v) is 13.1. The zero-order valence-electron chi connectivity index (χ0n) is 13.1. The van der Waals surface area contributed by atoms with E-state index in [1.54, 1.807) is 12.4 Å². The molecule has 1 aliphatic heterocycles. The van der Waals surface area contributed by atoms with Gasteiger partial charge in [-0.25, -0.2) is 0 Å². The van der Waals surface area contributed by atoms with Crippen LogP contribution >= 0.6 is 0 Å². The average Bonchev–Trinajstić information content (AvgIpc) is 2.62. The lowest BCUT2D eigenvalue weighted by Crippen LogP contribution is -2.35. The van der Waals surface area contributed by atoms with Crippen LogP contribution in [0, 0.1) is 0 Å². The van der Waals surface area contributed by atoms with Crippen molar-refractivity contribution >= 4 is 5.91 Å². The molecule has 0 spiro atoms. The monoisotopic (exact) mass is 311 g/mol. The lowest BCUT2D eigenvalue weighted by molar-refractivity contribution is 0.0342. The topological polar surface area (TPSA) is 54.5 Å². The maximum absolute atomic E-state index is 12.2. The number of pyridine rings is 1. The van der Waals surface area contributed by atoms with Crippen molar-refractivity contribution in [2.45, 2.75) is 13.1 Å². The second-order valence-electron chi connectivity index (χ2n) is 5.62. The molecule has 0 bridgehead atoms. The van der Waals surface area contributed by atoms with Gasteiger partial charge in [0.05, 0.1) is 13.2 Å². The number of carbonyl (C=O) groups is 1. The second kappa shape index (κ2) is 7.85.